The Morgan fingerprint density at radius 3 is 2.45 bits per heavy atom. The van der Waals surface area contributed by atoms with Gasteiger partial charge in [0.05, 0.1) is 0 Å². The summed E-state index contributed by atoms with van der Waals surface area (Å²) in [4.78, 5) is 15.0. The molecule has 6 heteroatoms. The van der Waals surface area contributed by atoms with Gasteiger partial charge in [0.2, 0.25) is 17.8 Å². The van der Waals surface area contributed by atoms with E-state index >= 15 is 0 Å². The molecule has 2 aliphatic rings. The van der Waals surface area contributed by atoms with Crippen LogP contribution in [0.1, 0.15) is 39.5 Å². The molecule has 0 aromatic carbocycles. The van der Waals surface area contributed by atoms with E-state index in [4.69, 9.17) is 5.73 Å². The van der Waals surface area contributed by atoms with E-state index in [0.717, 1.165) is 25.6 Å². The summed E-state index contributed by atoms with van der Waals surface area (Å²) in [7, 11) is 0. The first-order chi connectivity index (χ1) is 9.66. The Labute approximate surface area is 120 Å². The van der Waals surface area contributed by atoms with Gasteiger partial charge in [-0.15, -0.1) is 0 Å². The zero-order valence-electron chi connectivity index (χ0n) is 12.4. The van der Waals surface area contributed by atoms with Gasteiger partial charge in [-0.05, 0) is 50.9 Å². The van der Waals surface area contributed by atoms with Gasteiger partial charge in [-0.2, -0.15) is 15.0 Å². The van der Waals surface area contributed by atoms with Crippen molar-refractivity contribution in [1.82, 2.24) is 15.0 Å². The van der Waals surface area contributed by atoms with Crippen LogP contribution in [0.4, 0.5) is 17.8 Å². The standard InChI is InChI=1S/C14H24N6/c1-3-20(4-2)13-18-11(15)17-12(19-13)16-9-14(7-8-14)10-5-6-10/h10H,3-9H2,1-2H3,(H3,15,16,17,18,19). The molecule has 0 saturated heterocycles. The van der Waals surface area contributed by atoms with Gasteiger partial charge in [-0.25, -0.2) is 0 Å². The van der Waals surface area contributed by atoms with Gasteiger partial charge in [0, 0.05) is 19.6 Å². The molecule has 0 amide bonds. The lowest BCUT2D eigenvalue weighted by molar-refractivity contribution is 0.465. The van der Waals surface area contributed by atoms with E-state index in [9.17, 15) is 0 Å². The Kier molecular flexibility index (Phi) is 3.40. The molecular formula is C14H24N6. The Morgan fingerprint density at radius 2 is 1.90 bits per heavy atom. The number of hydrogen-bond acceptors (Lipinski definition) is 6. The number of nitrogens with zero attached hydrogens (tertiary/aromatic N) is 4. The van der Waals surface area contributed by atoms with Crippen LogP contribution in [0.2, 0.25) is 0 Å². The highest BCUT2D eigenvalue weighted by Gasteiger charge is 2.53. The highest BCUT2D eigenvalue weighted by atomic mass is 15.3. The van der Waals surface area contributed by atoms with E-state index in [2.05, 4.69) is 39.0 Å². The third kappa shape index (κ3) is 2.64. The highest BCUT2D eigenvalue weighted by molar-refractivity contribution is 5.42. The predicted molar refractivity (Wildman–Crippen MR) is 80.7 cm³/mol. The van der Waals surface area contributed by atoms with Gasteiger partial charge in [0.1, 0.15) is 0 Å². The lowest BCUT2D eigenvalue weighted by Crippen LogP contribution is -2.26. The van der Waals surface area contributed by atoms with Crippen LogP contribution in [-0.4, -0.2) is 34.6 Å². The minimum absolute atomic E-state index is 0.292. The van der Waals surface area contributed by atoms with Crippen molar-refractivity contribution in [3.05, 3.63) is 0 Å². The van der Waals surface area contributed by atoms with Gasteiger partial charge >= 0.3 is 0 Å². The summed E-state index contributed by atoms with van der Waals surface area (Å²) in [6, 6.07) is 0. The first-order valence-corrected chi connectivity index (χ1v) is 7.67. The second-order valence-corrected chi connectivity index (χ2v) is 5.98. The number of aromatic nitrogens is 3. The lowest BCUT2D eigenvalue weighted by Gasteiger charge is -2.20. The van der Waals surface area contributed by atoms with Gasteiger partial charge < -0.3 is 16.0 Å². The van der Waals surface area contributed by atoms with E-state index in [1.807, 2.05) is 0 Å². The Hall–Kier alpha value is -1.59. The molecule has 0 unspecified atom stereocenters. The van der Waals surface area contributed by atoms with E-state index in [0.29, 0.717) is 23.3 Å². The average molecular weight is 276 g/mol. The fourth-order valence-corrected chi connectivity index (χ4v) is 2.95. The maximum absolute atomic E-state index is 5.80. The van der Waals surface area contributed by atoms with Crippen LogP contribution >= 0.6 is 0 Å². The predicted octanol–water partition coefficient (Wildman–Crippen LogP) is 1.90. The topological polar surface area (TPSA) is 80.0 Å². The summed E-state index contributed by atoms with van der Waals surface area (Å²) in [5.41, 5.74) is 6.33. The quantitative estimate of drug-likeness (QED) is 0.792. The van der Waals surface area contributed by atoms with Crippen molar-refractivity contribution in [3.63, 3.8) is 0 Å². The summed E-state index contributed by atoms with van der Waals surface area (Å²) in [6.45, 7) is 6.88. The number of nitrogens with one attached hydrogen (secondary N) is 1. The SMILES string of the molecule is CCN(CC)c1nc(N)nc(NCC2(C3CC3)CC2)n1. The second-order valence-electron chi connectivity index (χ2n) is 5.98. The van der Waals surface area contributed by atoms with Crippen LogP contribution < -0.4 is 16.0 Å². The molecule has 110 valence electrons. The third-order valence-electron chi connectivity index (χ3n) is 4.62. The van der Waals surface area contributed by atoms with E-state index in [-0.39, 0.29) is 0 Å². The molecule has 2 saturated carbocycles. The highest BCUT2D eigenvalue weighted by Crippen LogP contribution is 2.61. The van der Waals surface area contributed by atoms with Gasteiger partial charge in [-0.1, -0.05) is 0 Å². The number of hydrogen-bond donors (Lipinski definition) is 2. The summed E-state index contributed by atoms with van der Waals surface area (Å²) < 4.78 is 0. The minimum atomic E-state index is 0.292. The number of anilines is 3. The average Bonchev–Trinajstić information content (AvgIpc) is 3.29. The molecule has 1 aromatic heterocycles. The summed E-state index contributed by atoms with van der Waals surface area (Å²) >= 11 is 0. The van der Waals surface area contributed by atoms with Crippen LogP contribution in [0, 0.1) is 11.3 Å². The number of rotatable bonds is 7. The first-order valence-electron chi connectivity index (χ1n) is 7.67. The fraction of sp³-hybridized carbons (Fsp3) is 0.786. The Morgan fingerprint density at radius 1 is 1.20 bits per heavy atom. The summed E-state index contributed by atoms with van der Waals surface area (Å²) in [5, 5.41) is 3.38. The van der Waals surface area contributed by atoms with Crippen molar-refractivity contribution in [2.45, 2.75) is 39.5 Å². The maximum atomic E-state index is 5.80. The molecule has 1 aromatic rings. The van der Waals surface area contributed by atoms with Gasteiger partial charge in [0.25, 0.3) is 0 Å². The largest absolute Gasteiger partial charge is 0.368 e. The van der Waals surface area contributed by atoms with Crippen LogP contribution in [0.15, 0.2) is 0 Å². The van der Waals surface area contributed by atoms with Gasteiger partial charge in [0.15, 0.2) is 0 Å². The van der Waals surface area contributed by atoms with Crippen molar-refractivity contribution in [2.75, 3.05) is 35.6 Å². The minimum Gasteiger partial charge on any atom is -0.368 e. The molecule has 3 N–H and O–H groups in total. The normalized spacial score (nSPS) is 19.7. The van der Waals surface area contributed by atoms with Gasteiger partial charge in [-0.3, -0.25) is 0 Å². The number of nitrogens with two attached hydrogens (primary N) is 1. The van der Waals surface area contributed by atoms with Crippen molar-refractivity contribution in [2.24, 2.45) is 11.3 Å². The van der Waals surface area contributed by atoms with Crippen LogP contribution in [0.25, 0.3) is 0 Å². The van der Waals surface area contributed by atoms with E-state index in [1.54, 1.807) is 0 Å². The first kappa shape index (κ1) is 13.4. The zero-order valence-corrected chi connectivity index (χ0v) is 12.4. The van der Waals surface area contributed by atoms with Crippen molar-refractivity contribution in [3.8, 4) is 0 Å². The molecule has 2 aliphatic carbocycles. The molecule has 0 aliphatic heterocycles. The molecule has 0 atom stereocenters. The molecule has 20 heavy (non-hydrogen) atoms. The molecule has 0 spiro atoms. The summed E-state index contributed by atoms with van der Waals surface area (Å²) in [5.74, 6) is 2.50. The molecular weight excluding hydrogens is 252 g/mol. The fourth-order valence-electron chi connectivity index (χ4n) is 2.95. The monoisotopic (exact) mass is 276 g/mol. The maximum Gasteiger partial charge on any atom is 0.231 e. The molecule has 6 nitrogen and oxygen atoms in total. The third-order valence-corrected chi connectivity index (χ3v) is 4.62. The Balaban J connectivity index is 1.69. The Bertz CT molecular complexity index is 477. The molecule has 3 rings (SSSR count). The number of nitrogen functional groups attached to an aromatic ring is 1. The molecule has 0 radical (unpaired) electrons. The molecule has 1 heterocycles. The van der Waals surface area contributed by atoms with Crippen molar-refractivity contribution in [1.29, 1.82) is 0 Å². The molecule has 2 fully saturated rings. The summed E-state index contributed by atoms with van der Waals surface area (Å²) in [6.07, 6.45) is 5.47. The van der Waals surface area contributed by atoms with Crippen molar-refractivity contribution < 1.29 is 0 Å². The smallest absolute Gasteiger partial charge is 0.231 e. The van der Waals surface area contributed by atoms with E-state index < -0.39 is 0 Å². The molecule has 0 bridgehead atoms. The van der Waals surface area contributed by atoms with Crippen molar-refractivity contribution >= 4 is 17.8 Å². The lowest BCUT2D eigenvalue weighted by atomic mass is 10.0. The van der Waals surface area contributed by atoms with Crippen LogP contribution in [0.3, 0.4) is 0 Å². The van der Waals surface area contributed by atoms with Crippen LogP contribution in [0.5, 0.6) is 0 Å². The zero-order chi connectivity index (χ0) is 14.2. The second kappa shape index (κ2) is 5.07. The van der Waals surface area contributed by atoms with E-state index in [1.165, 1.54) is 25.7 Å². The van der Waals surface area contributed by atoms with Crippen LogP contribution in [-0.2, 0) is 0 Å².